The molecule has 0 spiro atoms. The quantitative estimate of drug-likeness (QED) is 0.186. The molecule has 10 aromatic rings. The summed E-state index contributed by atoms with van der Waals surface area (Å²) < 4.78 is 92.8. The van der Waals surface area contributed by atoms with Crippen molar-refractivity contribution in [3.63, 3.8) is 0 Å². The van der Waals surface area contributed by atoms with Gasteiger partial charge in [0.25, 0.3) is 0 Å². The zero-order valence-electron chi connectivity index (χ0n) is 36.1. The predicted octanol–water partition coefficient (Wildman–Crippen LogP) is 11.5. The van der Waals surface area contributed by atoms with E-state index in [0.29, 0.717) is 16.7 Å². The molecule has 234 valence electrons. The molecule has 0 bridgehead atoms. The largest absolute Gasteiger partial charge is 0.455 e. The fourth-order valence-corrected chi connectivity index (χ4v) is 6.61. The second-order valence-corrected chi connectivity index (χ2v) is 11.7. The average molecular weight is 651 g/mol. The monoisotopic (exact) mass is 650 g/mol. The van der Waals surface area contributed by atoms with Crippen LogP contribution in [0.5, 0.6) is 0 Å². The van der Waals surface area contributed by atoms with Gasteiger partial charge in [0.15, 0.2) is 17.5 Å². The summed E-state index contributed by atoms with van der Waals surface area (Å²) in [6, 6.07) is 30.2. The summed E-state index contributed by atoms with van der Waals surface area (Å²) in [5.74, 6) is -0.721. The van der Waals surface area contributed by atoms with Crippen LogP contribution in [-0.2, 0) is 0 Å². The highest BCUT2D eigenvalue weighted by molar-refractivity contribution is 6.13. The van der Waals surface area contributed by atoms with Crippen LogP contribution >= 0.6 is 0 Å². The van der Waals surface area contributed by atoms with Crippen molar-refractivity contribution in [2.75, 3.05) is 0 Å². The maximum atomic E-state index is 8.64. The number of benzene rings is 7. The molecular formula is C45H28N4O. The molecule has 0 fully saturated rings. The minimum atomic E-state index is -0.613. The molecular weight excluding hydrogens is 613 g/mol. The fraction of sp³-hybridized carbons (Fsp3) is 0. The maximum absolute atomic E-state index is 8.64. The van der Waals surface area contributed by atoms with Crippen molar-refractivity contribution in [3.05, 3.63) is 170 Å². The molecule has 0 atom stereocenters. The number of para-hydroxylation sites is 3. The minimum Gasteiger partial charge on any atom is -0.455 e. The molecule has 0 radical (unpaired) electrons. The van der Waals surface area contributed by atoms with Gasteiger partial charge < -0.3 is 8.98 Å². The van der Waals surface area contributed by atoms with E-state index in [9.17, 15) is 0 Å². The summed E-state index contributed by atoms with van der Waals surface area (Å²) in [7, 11) is 0. The molecule has 0 unspecified atom stereocenters. The van der Waals surface area contributed by atoms with Gasteiger partial charge in [-0.15, -0.1) is 0 Å². The van der Waals surface area contributed by atoms with Gasteiger partial charge in [-0.3, -0.25) is 0 Å². The Morgan fingerprint density at radius 3 is 1.82 bits per heavy atom. The molecule has 0 aliphatic rings. The maximum Gasteiger partial charge on any atom is 0.164 e. The molecule has 0 amide bonds. The first-order valence-corrected chi connectivity index (χ1v) is 15.9. The third-order valence-corrected chi connectivity index (χ3v) is 8.84. The minimum absolute atomic E-state index is 0.0449. The lowest BCUT2D eigenvalue weighted by molar-refractivity contribution is 0.670. The van der Waals surface area contributed by atoms with Gasteiger partial charge >= 0.3 is 0 Å². The molecule has 3 heterocycles. The normalized spacial score (nSPS) is 14.4. The zero-order chi connectivity index (χ0) is 41.7. The molecule has 0 aliphatic carbocycles. The SMILES string of the molecule is [2H]c1c([2H])c([2H])c(-c2nc(-c3ccc4c(c3)oc3c(-c5ccc6c(c5)c5ccccc5n6-c5ccccc5)cccc34)nc(-c3c([2H])c([2H])c([2H])c([2H])c3[2H])n2)c([2H])c1[2H]. The van der Waals surface area contributed by atoms with E-state index in [-0.39, 0.29) is 28.6 Å². The highest BCUT2D eigenvalue weighted by atomic mass is 16.3. The standard InChI is InChI=1S/C45H28N4O/c1-4-13-29(14-5-1)43-46-44(30-15-6-2-7-16-30)48-45(47-43)32-23-25-36-37-21-12-20-34(42(37)50-41(36)28-32)31-24-26-40-38(27-31)35-19-10-11-22-39(35)49(40)33-17-8-3-9-18-33/h1-28H/i1D,2D,4D,5D,6D,7D,13D,14D,15D,16D. The molecule has 3 aromatic heterocycles. The lowest BCUT2D eigenvalue weighted by Crippen LogP contribution is -2.00. The van der Waals surface area contributed by atoms with Crippen molar-refractivity contribution in [1.29, 1.82) is 0 Å². The Labute approximate surface area is 301 Å². The summed E-state index contributed by atoms with van der Waals surface area (Å²) in [6.07, 6.45) is 0. The Morgan fingerprint density at radius 1 is 0.460 bits per heavy atom. The fourth-order valence-electron chi connectivity index (χ4n) is 6.61. The predicted molar refractivity (Wildman–Crippen MR) is 203 cm³/mol. The van der Waals surface area contributed by atoms with Crippen molar-refractivity contribution in [2.24, 2.45) is 0 Å². The molecule has 7 aromatic carbocycles. The highest BCUT2D eigenvalue weighted by Crippen LogP contribution is 2.40. The van der Waals surface area contributed by atoms with E-state index in [1.54, 1.807) is 12.1 Å². The van der Waals surface area contributed by atoms with Gasteiger partial charge in [-0.1, -0.05) is 127 Å². The van der Waals surface area contributed by atoms with E-state index in [1.807, 2.05) is 54.6 Å². The zero-order valence-corrected chi connectivity index (χ0v) is 26.1. The van der Waals surface area contributed by atoms with Crippen LogP contribution in [0.25, 0.3) is 94.7 Å². The van der Waals surface area contributed by atoms with Crippen molar-refractivity contribution < 1.29 is 18.1 Å². The molecule has 10 rings (SSSR count). The number of aromatic nitrogens is 4. The van der Waals surface area contributed by atoms with Crippen LogP contribution in [0.15, 0.2) is 174 Å². The van der Waals surface area contributed by atoms with Gasteiger partial charge in [0.2, 0.25) is 0 Å². The third-order valence-electron chi connectivity index (χ3n) is 8.84. The molecule has 0 saturated heterocycles. The summed E-state index contributed by atoms with van der Waals surface area (Å²) in [4.78, 5) is 13.5. The summed E-state index contributed by atoms with van der Waals surface area (Å²) >= 11 is 0. The molecule has 0 N–H and O–H groups in total. The van der Waals surface area contributed by atoms with Crippen LogP contribution in [0, 0.1) is 0 Å². The van der Waals surface area contributed by atoms with Crippen LogP contribution < -0.4 is 0 Å². The summed E-state index contributed by atoms with van der Waals surface area (Å²) in [5, 5.41) is 3.85. The lowest BCUT2D eigenvalue weighted by Gasteiger charge is -2.08. The van der Waals surface area contributed by atoms with E-state index < -0.39 is 60.4 Å². The van der Waals surface area contributed by atoms with Gasteiger partial charge in [0.1, 0.15) is 11.2 Å². The first-order valence-electron chi connectivity index (χ1n) is 20.9. The van der Waals surface area contributed by atoms with Crippen molar-refractivity contribution in [3.8, 4) is 51.0 Å². The average Bonchev–Trinajstić information content (AvgIpc) is 3.82. The lowest BCUT2D eigenvalue weighted by atomic mass is 10.00. The van der Waals surface area contributed by atoms with Gasteiger partial charge in [-0.25, -0.2) is 15.0 Å². The smallest absolute Gasteiger partial charge is 0.164 e. The van der Waals surface area contributed by atoms with Gasteiger partial charge in [0, 0.05) is 49.5 Å². The highest BCUT2D eigenvalue weighted by Gasteiger charge is 2.18. The Hall–Kier alpha value is -6.85. The first-order chi connectivity index (χ1) is 28.9. The third kappa shape index (κ3) is 4.60. The van der Waals surface area contributed by atoms with Crippen molar-refractivity contribution in [2.45, 2.75) is 0 Å². The Balaban J connectivity index is 1.16. The van der Waals surface area contributed by atoms with E-state index in [1.165, 1.54) is 0 Å². The van der Waals surface area contributed by atoms with Gasteiger partial charge in [-0.05, 0) is 48.0 Å². The van der Waals surface area contributed by atoms with Gasteiger partial charge in [-0.2, -0.15) is 0 Å². The second-order valence-electron chi connectivity index (χ2n) is 11.7. The van der Waals surface area contributed by atoms with Crippen LogP contribution in [0.2, 0.25) is 0 Å². The molecule has 5 heteroatoms. The second kappa shape index (κ2) is 11.4. The van der Waals surface area contributed by atoms with Crippen molar-refractivity contribution in [1.82, 2.24) is 19.5 Å². The number of rotatable bonds is 5. The van der Waals surface area contributed by atoms with Crippen LogP contribution in [-0.4, -0.2) is 19.5 Å². The number of nitrogens with zero attached hydrogens (tertiary/aromatic N) is 4. The Morgan fingerprint density at radius 2 is 1.08 bits per heavy atom. The van der Waals surface area contributed by atoms with E-state index >= 15 is 0 Å². The van der Waals surface area contributed by atoms with Gasteiger partial charge in [0.05, 0.1) is 24.7 Å². The number of hydrogen-bond acceptors (Lipinski definition) is 4. The van der Waals surface area contributed by atoms with E-state index in [4.69, 9.17) is 18.1 Å². The van der Waals surface area contributed by atoms with Crippen molar-refractivity contribution >= 4 is 43.7 Å². The van der Waals surface area contributed by atoms with Crippen LogP contribution in [0.4, 0.5) is 0 Å². The summed E-state index contributed by atoms with van der Waals surface area (Å²) in [5.41, 5.74) is 5.87. The Bertz CT molecular complexity index is 3310. The Kier molecular flexibility index (Phi) is 4.52. The molecule has 50 heavy (non-hydrogen) atoms. The molecule has 0 aliphatic heterocycles. The number of hydrogen-bond donors (Lipinski definition) is 0. The van der Waals surface area contributed by atoms with E-state index in [2.05, 4.69) is 62.0 Å². The topological polar surface area (TPSA) is 56.7 Å². The summed E-state index contributed by atoms with van der Waals surface area (Å²) in [6.45, 7) is 0. The van der Waals surface area contributed by atoms with Crippen LogP contribution in [0.3, 0.4) is 0 Å². The van der Waals surface area contributed by atoms with E-state index in [0.717, 1.165) is 49.4 Å². The number of furan rings is 1. The number of fused-ring (bicyclic) bond motifs is 6. The molecule has 5 nitrogen and oxygen atoms in total. The molecule has 0 saturated carbocycles. The van der Waals surface area contributed by atoms with Crippen LogP contribution in [0.1, 0.15) is 13.7 Å². The first kappa shape index (κ1) is 19.8.